The molecule has 0 spiro atoms. The molecule has 38 heavy (non-hydrogen) atoms. The Morgan fingerprint density at radius 2 is 1.97 bits per heavy atom. The largest absolute Gasteiger partial charge is 0.491 e. The molecule has 1 aromatic heterocycles. The molecule has 0 N–H and O–H groups in total. The number of benzene rings is 2. The first kappa shape index (κ1) is 27.0. The van der Waals surface area contributed by atoms with Gasteiger partial charge in [0, 0.05) is 24.8 Å². The first-order valence-corrected chi connectivity index (χ1v) is 12.7. The van der Waals surface area contributed by atoms with E-state index in [4.69, 9.17) is 14.2 Å². The van der Waals surface area contributed by atoms with Crippen LogP contribution in [0.4, 0.5) is 5.69 Å². The van der Waals surface area contributed by atoms with E-state index < -0.39 is 16.9 Å². The lowest BCUT2D eigenvalue weighted by Gasteiger charge is -2.27. The summed E-state index contributed by atoms with van der Waals surface area (Å²) in [7, 11) is 1.51. The molecule has 2 heterocycles. The second-order valence-corrected chi connectivity index (χ2v) is 9.78. The van der Waals surface area contributed by atoms with Gasteiger partial charge in [0.25, 0.3) is 11.2 Å². The lowest BCUT2D eigenvalue weighted by atomic mass is 9.95. The molecular formula is C27H27N3O7S. The highest BCUT2D eigenvalue weighted by Crippen LogP contribution is 2.36. The van der Waals surface area contributed by atoms with E-state index in [1.54, 1.807) is 37.3 Å². The van der Waals surface area contributed by atoms with Crippen molar-refractivity contribution in [2.24, 2.45) is 4.99 Å². The predicted octanol–water partition coefficient (Wildman–Crippen LogP) is 3.12. The van der Waals surface area contributed by atoms with Crippen molar-refractivity contribution >= 4 is 29.1 Å². The third-order valence-corrected chi connectivity index (χ3v) is 6.70. The molecule has 11 heteroatoms. The van der Waals surface area contributed by atoms with Crippen molar-refractivity contribution in [1.82, 2.24) is 4.57 Å². The second kappa shape index (κ2) is 11.5. The molecule has 0 bridgehead atoms. The maximum Gasteiger partial charge on any atom is 0.338 e. The first-order valence-electron chi connectivity index (χ1n) is 11.9. The summed E-state index contributed by atoms with van der Waals surface area (Å²) in [5.74, 6) is -0.0849. The van der Waals surface area contributed by atoms with Crippen LogP contribution >= 0.6 is 11.3 Å². The van der Waals surface area contributed by atoms with Crippen molar-refractivity contribution in [2.75, 3.05) is 20.3 Å². The average Bonchev–Trinajstić information content (AvgIpc) is 3.17. The zero-order valence-corrected chi connectivity index (χ0v) is 22.2. The number of rotatable bonds is 9. The number of para-hydroxylation sites is 1. The van der Waals surface area contributed by atoms with Gasteiger partial charge in [0.05, 0.1) is 33.4 Å². The van der Waals surface area contributed by atoms with E-state index in [1.165, 1.54) is 23.8 Å². The topological polar surface area (TPSA) is 122 Å². The van der Waals surface area contributed by atoms with E-state index in [-0.39, 0.29) is 36.1 Å². The first-order chi connectivity index (χ1) is 18.2. The minimum Gasteiger partial charge on any atom is -0.491 e. The fourth-order valence-corrected chi connectivity index (χ4v) is 5.17. The Bertz CT molecular complexity index is 1590. The van der Waals surface area contributed by atoms with Crippen LogP contribution in [-0.4, -0.2) is 41.9 Å². The Morgan fingerprint density at radius 3 is 2.68 bits per heavy atom. The summed E-state index contributed by atoms with van der Waals surface area (Å²) < 4.78 is 18.3. The number of hydrogen-bond donors (Lipinski definition) is 0. The van der Waals surface area contributed by atoms with Gasteiger partial charge in [-0.1, -0.05) is 41.7 Å². The van der Waals surface area contributed by atoms with Gasteiger partial charge in [-0.25, -0.2) is 9.79 Å². The van der Waals surface area contributed by atoms with E-state index in [0.29, 0.717) is 31.9 Å². The third-order valence-electron chi connectivity index (χ3n) is 5.72. The second-order valence-electron chi connectivity index (χ2n) is 8.77. The fourth-order valence-electron chi connectivity index (χ4n) is 4.12. The van der Waals surface area contributed by atoms with Gasteiger partial charge in [-0.3, -0.25) is 19.5 Å². The smallest absolute Gasteiger partial charge is 0.338 e. The SMILES string of the molecule is COCCOC(=O)C1=C(C)N=c2s/c(=C/c3cccc([N+](=O)[O-])c3)c(=O)n2[C@H]1c1ccccc1OC(C)C. The van der Waals surface area contributed by atoms with Crippen molar-refractivity contribution in [3.05, 3.63) is 101 Å². The van der Waals surface area contributed by atoms with Crippen molar-refractivity contribution in [1.29, 1.82) is 0 Å². The molecule has 0 fully saturated rings. The van der Waals surface area contributed by atoms with Gasteiger partial charge in [-0.15, -0.1) is 0 Å². The van der Waals surface area contributed by atoms with Crippen molar-refractivity contribution < 1.29 is 23.9 Å². The van der Waals surface area contributed by atoms with Gasteiger partial charge in [-0.05, 0) is 38.5 Å². The lowest BCUT2D eigenvalue weighted by molar-refractivity contribution is -0.384. The summed E-state index contributed by atoms with van der Waals surface area (Å²) in [5.41, 5.74) is 1.27. The molecule has 0 saturated heterocycles. The quantitative estimate of drug-likeness (QED) is 0.178. The van der Waals surface area contributed by atoms with Crippen LogP contribution in [0.3, 0.4) is 0 Å². The van der Waals surface area contributed by atoms with E-state index >= 15 is 0 Å². The van der Waals surface area contributed by atoms with Crippen molar-refractivity contribution in [3.63, 3.8) is 0 Å². The van der Waals surface area contributed by atoms with E-state index in [2.05, 4.69) is 4.99 Å². The predicted molar refractivity (Wildman–Crippen MR) is 142 cm³/mol. The number of non-ortho nitro benzene ring substituents is 1. The van der Waals surface area contributed by atoms with Gasteiger partial charge in [0.15, 0.2) is 4.80 Å². The van der Waals surface area contributed by atoms with Crippen LogP contribution in [0.2, 0.25) is 0 Å². The molecule has 2 aromatic carbocycles. The van der Waals surface area contributed by atoms with Crippen LogP contribution in [0.5, 0.6) is 5.75 Å². The molecule has 198 valence electrons. The number of nitrogens with zero attached hydrogens (tertiary/aromatic N) is 3. The van der Waals surface area contributed by atoms with Crippen molar-refractivity contribution in [3.8, 4) is 5.75 Å². The molecule has 0 radical (unpaired) electrons. The summed E-state index contributed by atoms with van der Waals surface area (Å²) in [6.07, 6.45) is 1.43. The molecule has 0 unspecified atom stereocenters. The molecular weight excluding hydrogens is 510 g/mol. The molecule has 10 nitrogen and oxygen atoms in total. The number of ether oxygens (including phenoxy) is 3. The summed E-state index contributed by atoms with van der Waals surface area (Å²) in [4.78, 5) is 42.8. The van der Waals surface area contributed by atoms with Crippen LogP contribution in [0.15, 0.2) is 69.6 Å². The van der Waals surface area contributed by atoms with Crippen LogP contribution in [0.25, 0.3) is 6.08 Å². The number of fused-ring (bicyclic) bond motifs is 1. The summed E-state index contributed by atoms with van der Waals surface area (Å²) in [6, 6.07) is 12.4. The highest BCUT2D eigenvalue weighted by Gasteiger charge is 2.35. The minimum atomic E-state index is -0.858. The minimum absolute atomic E-state index is 0.0418. The van der Waals surface area contributed by atoms with E-state index in [0.717, 1.165) is 11.3 Å². The van der Waals surface area contributed by atoms with Gasteiger partial charge in [0.2, 0.25) is 0 Å². The maximum atomic E-state index is 13.8. The third kappa shape index (κ3) is 5.58. The van der Waals surface area contributed by atoms with Gasteiger partial charge >= 0.3 is 5.97 Å². The van der Waals surface area contributed by atoms with Gasteiger partial charge in [0.1, 0.15) is 18.4 Å². The van der Waals surface area contributed by atoms with Crippen LogP contribution in [0, 0.1) is 10.1 Å². The molecule has 1 aliphatic heterocycles. The molecule has 4 rings (SSSR count). The zero-order chi connectivity index (χ0) is 27.4. The Hall–Kier alpha value is -4.09. The average molecular weight is 538 g/mol. The Kier molecular flexibility index (Phi) is 8.18. The Balaban J connectivity index is 1.93. The van der Waals surface area contributed by atoms with E-state index in [9.17, 15) is 19.7 Å². The number of methoxy groups -OCH3 is 1. The molecule has 1 atom stereocenters. The van der Waals surface area contributed by atoms with E-state index in [1.807, 2.05) is 26.0 Å². The fraction of sp³-hybridized carbons (Fsp3) is 0.296. The summed E-state index contributed by atoms with van der Waals surface area (Å²) in [5, 5.41) is 11.2. The molecule has 1 aliphatic rings. The van der Waals surface area contributed by atoms with Crippen LogP contribution < -0.4 is 19.6 Å². The van der Waals surface area contributed by atoms with Crippen LogP contribution in [0.1, 0.15) is 37.9 Å². The van der Waals surface area contributed by atoms with Gasteiger partial charge in [-0.2, -0.15) is 0 Å². The number of allylic oxidation sites excluding steroid dienone is 1. The number of aromatic nitrogens is 1. The number of esters is 1. The zero-order valence-electron chi connectivity index (χ0n) is 21.4. The number of thiazole rings is 1. The maximum absolute atomic E-state index is 13.8. The number of nitro benzene ring substituents is 1. The summed E-state index contributed by atoms with van der Waals surface area (Å²) >= 11 is 1.14. The Labute approximate surface area is 222 Å². The molecule has 3 aromatic rings. The lowest BCUT2D eigenvalue weighted by Crippen LogP contribution is -2.40. The normalized spacial score (nSPS) is 15.3. The monoisotopic (exact) mass is 537 g/mol. The molecule has 0 amide bonds. The number of nitro groups is 1. The van der Waals surface area contributed by atoms with Gasteiger partial charge < -0.3 is 14.2 Å². The molecule has 0 saturated carbocycles. The number of carbonyl (C=O) groups is 1. The highest BCUT2D eigenvalue weighted by atomic mass is 32.1. The Morgan fingerprint density at radius 1 is 1.21 bits per heavy atom. The standard InChI is InChI=1S/C27H27N3O7S/c1-16(2)37-21-11-6-5-10-20(21)24-23(26(32)36-13-12-35-4)17(3)28-27-29(24)25(31)22(38-27)15-18-8-7-9-19(14-18)30(33)34/h5-11,14-16,24H,12-13H2,1-4H3/b22-15+/t24-/m0/s1. The summed E-state index contributed by atoms with van der Waals surface area (Å²) in [6.45, 7) is 5.74. The van der Waals surface area contributed by atoms with Crippen molar-refractivity contribution in [2.45, 2.75) is 32.9 Å². The number of carbonyl (C=O) groups excluding carboxylic acids is 1. The molecule has 0 aliphatic carbocycles. The number of hydrogen-bond acceptors (Lipinski definition) is 9. The van der Waals surface area contributed by atoms with Crippen LogP contribution in [-0.2, 0) is 14.3 Å². The highest BCUT2D eigenvalue weighted by molar-refractivity contribution is 7.07.